The highest BCUT2D eigenvalue weighted by Crippen LogP contribution is 2.29. The number of hydrogen-bond donors (Lipinski definition) is 1. The van der Waals surface area contributed by atoms with Gasteiger partial charge in [0.1, 0.15) is 5.75 Å². The number of nitrogens with one attached hydrogen (secondary N) is 1. The number of hydrogen-bond acceptors (Lipinski definition) is 1. The summed E-state index contributed by atoms with van der Waals surface area (Å²) in [5.74, 6) is 0.930. The Labute approximate surface area is 89.9 Å². The molecule has 0 saturated heterocycles. The molecule has 15 heavy (non-hydrogen) atoms. The molecule has 0 aliphatic heterocycles. The Bertz CT molecular complexity index is 471. The molecule has 1 N–H and O–H groups in total. The van der Waals surface area contributed by atoms with E-state index in [1.54, 1.807) is 7.11 Å². The lowest BCUT2D eigenvalue weighted by Gasteiger charge is -2.08. The van der Waals surface area contributed by atoms with Gasteiger partial charge in [-0.1, -0.05) is 12.1 Å². The second-order valence-corrected chi connectivity index (χ2v) is 3.72. The molecular weight excluding hydrogens is 186 g/mol. The van der Waals surface area contributed by atoms with Gasteiger partial charge in [0.25, 0.3) is 0 Å². The average molecular weight is 201 g/mol. The molecule has 1 aromatic heterocycles. The van der Waals surface area contributed by atoms with Gasteiger partial charge in [-0.25, -0.2) is 0 Å². The van der Waals surface area contributed by atoms with Gasteiger partial charge in [0.15, 0.2) is 0 Å². The van der Waals surface area contributed by atoms with Crippen molar-refractivity contribution in [1.29, 1.82) is 0 Å². The maximum absolute atomic E-state index is 5.30. The number of methoxy groups -OCH3 is 1. The fourth-order valence-electron chi connectivity index (χ4n) is 1.79. The lowest BCUT2D eigenvalue weighted by molar-refractivity contribution is 0.412. The van der Waals surface area contributed by atoms with Crippen LogP contribution in [0.25, 0.3) is 11.3 Å². The molecule has 2 rings (SSSR count). The minimum atomic E-state index is 0.930. The molecule has 0 aliphatic rings. The van der Waals surface area contributed by atoms with E-state index in [2.05, 4.69) is 31.0 Å². The number of ether oxygens (including phenoxy) is 1. The van der Waals surface area contributed by atoms with E-state index in [0.29, 0.717) is 0 Å². The van der Waals surface area contributed by atoms with E-state index in [1.165, 1.54) is 16.7 Å². The Morgan fingerprint density at radius 2 is 2.00 bits per heavy atom. The van der Waals surface area contributed by atoms with Gasteiger partial charge in [-0.05, 0) is 31.5 Å². The third kappa shape index (κ3) is 1.75. The lowest BCUT2D eigenvalue weighted by Crippen LogP contribution is -1.89. The second kappa shape index (κ2) is 3.81. The van der Waals surface area contributed by atoms with Gasteiger partial charge in [-0.15, -0.1) is 0 Å². The van der Waals surface area contributed by atoms with Crippen molar-refractivity contribution in [1.82, 2.24) is 4.98 Å². The van der Waals surface area contributed by atoms with Gasteiger partial charge in [-0.3, -0.25) is 0 Å². The summed E-state index contributed by atoms with van der Waals surface area (Å²) in [6.45, 7) is 4.15. The number of aromatic nitrogens is 1. The molecule has 1 aromatic carbocycles. The molecule has 0 spiro atoms. The summed E-state index contributed by atoms with van der Waals surface area (Å²) in [7, 11) is 1.70. The van der Waals surface area contributed by atoms with Gasteiger partial charge in [0.05, 0.1) is 7.11 Å². The SMILES string of the molecule is COc1cccc(-c2cc(C)c[nH]2)c1C. The Morgan fingerprint density at radius 1 is 1.20 bits per heavy atom. The standard InChI is InChI=1S/C13H15NO/c1-9-7-12(14-8-9)11-5-4-6-13(15-3)10(11)2/h4-8,14H,1-3H3. The van der Waals surface area contributed by atoms with Crippen LogP contribution in [0.4, 0.5) is 0 Å². The molecule has 78 valence electrons. The zero-order chi connectivity index (χ0) is 10.8. The highest BCUT2D eigenvalue weighted by atomic mass is 16.5. The second-order valence-electron chi connectivity index (χ2n) is 3.72. The zero-order valence-corrected chi connectivity index (χ0v) is 9.29. The molecule has 2 aromatic rings. The minimum absolute atomic E-state index is 0.930. The van der Waals surface area contributed by atoms with Crippen LogP contribution < -0.4 is 4.74 Å². The van der Waals surface area contributed by atoms with Crippen LogP contribution in [0.1, 0.15) is 11.1 Å². The van der Waals surface area contributed by atoms with Gasteiger partial charge in [-0.2, -0.15) is 0 Å². The average Bonchev–Trinajstić information content (AvgIpc) is 2.65. The van der Waals surface area contributed by atoms with Crippen LogP contribution in [-0.2, 0) is 0 Å². The summed E-state index contributed by atoms with van der Waals surface area (Å²) >= 11 is 0. The first-order valence-corrected chi connectivity index (χ1v) is 5.01. The Morgan fingerprint density at radius 3 is 2.60 bits per heavy atom. The van der Waals surface area contributed by atoms with Gasteiger partial charge in [0, 0.05) is 23.0 Å². The monoisotopic (exact) mass is 201 g/mol. The van der Waals surface area contributed by atoms with Crippen LogP contribution in [-0.4, -0.2) is 12.1 Å². The first kappa shape index (κ1) is 9.84. The molecule has 0 aliphatic carbocycles. The van der Waals surface area contributed by atoms with E-state index < -0.39 is 0 Å². The quantitative estimate of drug-likeness (QED) is 0.792. The maximum Gasteiger partial charge on any atom is 0.122 e. The van der Waals surface area contributed by atoms with Crippen molar-refractivity contribution in [3.63, 3.8) is 0 Å². The van der Waals surface area contributed by atoms with Crippen LogP contribution in [0.2, 0.25) is 0 Å². The van der Waals surface area contributed by atoms with E-state index >= 15 is 0 Å². The van der Waals surface area contributed by atoms with Gasteiger partial charge in [0.2, 0.25) is 0 Å². The zero-order valence-electron chi connectivity index (χ0n) is 9.29. The largest absolute Gasteiger partial charge is 0.496 e. The summed E-state index contributed by atoms with van der Waals surface area (Å²) in [6.07, 6.45) is 2.01. The number of rotatable bonds is 2. The van der Waals surface area contributed by atoms with Crippen LogP contribution in [0.5, 0.6) is 5.75 Å². The third-order valence-corrected chi connectivity index (χ3v) is 2.62. The molecule has 0 saturated carbocycles. The lowest BCUT2D eigenvalue weighted by atomic mass is 10.0. The van der Waals surface area contributed by atoms with E-state index in [1.807, 2.05) is 18.3 Å². The third-order valence-electron chi connectivity index (χ3n) is 2.62. The van der Waals surface area contributed by atoms with Gasteiger partial charge < -0.3 is 9.72 Å². The van der Waals surface area contributed by atoms with Crippen molar-refractivity contribution in [3.05, 3.63) is 41.6 Å². The highest BCUT2D eigenvalue weighted by molar-refractivity contribution is 5.67. The first-order valence-electron chi connectivity index (χ1n) is 5.01. The molecule has 0 unspecified atom stereocenters. The summed E-state index contributed by atoms with van der Waals surface area (Å²) in [5, 5.41) is 0. The molecule has 0 radical (unpaired) electrons. The summed E-state index contributed by atoms with van der Waals surface area (Å²) < 4.78 is 5.30. The predicted molar refractivity (Wildman–Crippen MR) is 62.3 cm³/mol. The fraction of sp³-hybridized carbons (Fsp3) is 0.231. The van der Waals surface area contributed by atoms with Crippen LogP contribution in [0.3, 0.4) is 0 Å². The molecule has 1 heterocycles. The van der Waals surface area contributed by atoms with Gasteiger partial charge >= 0.3 is 0 Å². The Hall–Kier alpha value is -1.70. The summed E-state index contributed by atoms with van der Waals surface area (Å²) in [6, 6.07) is 8.23. The molecule has 2 heteroatoms. The van der Waals surface area contributed by atoms with Crippen molar-refractivity contribution in [2.45, 2.75) is 13.8 Å². The smallest absolute Gasteiger partial charge is 0.122 e. The Balaban J connectivity index is 2.53. The number of aromatic amines is 1. The van der Waals surface area contributed by atoms with Crippen molar-refractivity contribution in [2.75, 3.05) is 7.11 Å². The van der Waals surface area contributed by atoms with Crippen LogP contribution >= 0.6 is 0 Å². The molecule has 0 fully saturated rings. The first-order chi connectivity index (χ1) is 7.22. The Kier molecular flexibility index (Phi) is 2.50. The van der Waals surface area contributed by atoms with Crippen LogP contribution in [0, 0.1) is 13.8 Å². The summed E-state index contributed by atoms with van der Waals surface area (Å²) in [5.41, 5.74) is 4.75. The predicted octanol–water partition coefficient (Wildman–Crippen LogP) is 3.31. The number of benzene rings is 1. The summed E-state index contributed by atoms with van der Waals surface area (Å²) in [4.78, 5) is 3.26. The normalized spacial score (nSPS) is 10.3. The van der Waals surface area contributed by atoms with Crippen molar-refractivity contribution in [3.8, 4) is 17.0 Å². The van der Waals surface area contributed by atoms with E-state index in [-0.39, 0.29) is 0 Å². The van der Waals surface area contributed by atoms with Crippen LogP contribution in [0.15, 0.2) is 30.5 Å². The molecule has 2 nitrogen and oxygen atoms in total. The van der Waals surface area contributed by atoms with E-state index in [9.17, 15) is 0 Å². The maximum atomic E-state index is 5.30. The minimum Gasteiger partial charge on any atom is -0.496 e. The molecule has 0 bridgehead atoms. The fourth-order valence-corrected chi connectivity index (χ4v) is 1.79. The molecular formula is C13H15NO. The number of aryl methyl sites for hydroxylation is 1. The van der Waals surface area contributed by atoms with Crippen molar-refractivity contribution in [2.24, 2.45) is 0 Å². The van der Waals surface area contributed by atoms with Crippen molar-refractivity contribution >= 4 is 0 Å². The van der Waals surface area contributed by atoms with Crippen molar-refractivity contribution < 1.29 is 4.74 Å². The van der Waals surface area contributed by atoms with E-state index in [0.717, 1.165) is 11.4 Å². The molecule has 0 atom stereocenters. The topological polar surface area (TPSA) is 25.0 Å². The highest BCUT2D eigenvalue weighted by Gasteiger charge is 2.07. The number of H-pyrrole nitrogens is 1. The van der Waals surface area contributed by atoms with E-state index in [4.69, 9.17) is 4.74 Å². The molecule has 0 amide bonds.